The molecule has 1 fully saturated rings. The van der Waals surface area contributed by atoms with E-state index in [9.17, 15) is 9.59 Å². The maximum atomic E-state index is 12.3. The minimum absolute atomic E-state index is 0.0208. The van der Waals surface area contributed by atoms with Gasteiger partial charge in [0, 0.05) is 29.4 Å². The fourth-order valence-electron chi connectivity index (χ4n) is 2.18. The number of azide groups is 1. The van der Waals surface area contributed by atoms with E-state index < -0.39 is 11.7 Å². The Labute approximate surface area is 134 Å². The van der Waals surface area contributed by atoms with Crippen LogP contribution in [0.4, 0.5) is 16.2 Å². The average Bonchev–Trinajstić information content (AvgIpc) is 2.47. The average molecular weight is 317 g/mol. The van der Waals surface area contributed by atoms with Crippen LogP contribution in [0.25, 0.3) is 10.4 Å². The van der Waals surface area contributed by atoms with Crippen LogP contribution in [0.15, 0.2) is 29.4 Å². The molecule has 0 N–H and O–H groups in total. The number of anilines is 1. The highest BCUT2D eigenvalue weighted by atomic mass is 16.6. The molecule has 1 aromatic rings. The zero-order valence-corrected chi connectivity index (χ0v) is 13.4. The van der Waals surface area contributed by atoms with Crippen molar-refractivity contribution in [2.45, 2.75) is 26.4 Å². The molecule has 1 heterocycles. The summed E-state index contributed by atoms with van der Waals surface area (Å²) in [6, 6.07) is 6.71. The van der Waals surface area contributed by atoms with Gasteiger partial charge < -0.3 is 9.64 Å². The Bertz CT molecular complexity index is 644. The van der Waals surface area contributed by atoms with Crippen molar-refractivity contribution in [2.75, 3.05) is 24.5 Å². The summed E-state index contributed by atoms with van der Waals surface area (Å²) in [6.45, 7) is 6.13. The topological polar surface area (TPSA) is 98.6 Å². The summed E-state index contributed by atoms with van der Waals surface area (Å²) in [6.07, 6.45) is -0.482. The lowest BCUT2D eigenvalue weighted by atomic mass is 10.2. The van der Waals surface area contributed by atoms with E-state index in [1.54, 1.807) is 49.9 Å². The molecule has 0 spiro atoms. The van der Waals surface area contributed by atoms with Crippen LogP contribution in [0.3, 0.4) is 0 Å². The fourth-order valence-corrected chi connectivity index (χ4v) is 2.18. The monoisotopic (exact) mass is 317 g/mol. The minimum Gasteiger partial charge on any atom is -0.444 e. The smallest absolute Gasteiger partial charge is 0.410 e. The second kappa shape index (κ2) is 6.58. The molecular weight excluding hydrogens is 298 g/mol. The van der Waals surface area contributed by atoms with Gasteiger partial charge in [0.25, 0.3) is 0 Å². The molecule has 1 aliphatic heterocycles. The molecule has 0 atom stereocenters. The van der Waals surface area contributed by atoms with Crippen molar-refractivity contribution in [1.82, 2.24) is 4.90 Å². The quantitative estimate of drug-likeness (QED) is 0.475. The molecule has 8 heteroatoms. The number of nitrogens with zero attached hydrogens (tertiary/aromatic N) is 5. The summed E-state index contributed by atoms with van der Waals surface area (Å²) >= 11 is 0. The van der Waals surface area contributed by atoms with E-state index in [0.29, 0.717) is 24.5 Å². The number of rotatable bonds is 2. The van der Waals surface area contributed by atoms with E-state index in [2.05, 4.69) is 10.0 Å². The summed E-state index contributed by atoms with van der Waals surface area (Å²) in [4.78, 5) is 30.0. The minimum atomic E-state index is -0.589. The predicted molar refractivity (Wildman–Crippen MR) is 85.4 cm³/mol. The Morgan fingerprint density at radius 2 is 1.91 bits per heavy atom. The van der Waals surface area contributed by atoms with Crippen molar-refractivity contribution in [2.24, 2.45) is 5.11 Å². The molecule has 0 radical (unpaired) electrons. The number of carbonyl (C=O) groups is 2. The van der Waals surface area contributed by atoms with Gasteiger partial charge in [-0.15, -0.1) is 0 Å². The van der Waals surface area contributed by atoms with Crippen LogP contribution in [0.5, 0.6) is 0 Å². The zero-order valence-electron chi connectivity index (χ0n) is 13.4. The van der Waals surface area contributed by atoms with Gasteiger partial charge in [0.1, 0.15) is 12.1 Å². The highest BCUT2D eigenvalue weighted by Gasteiger charge is 2.30. The number of benzene rings is 1. The van der Waals surface area contributed by atoms with Gasteiger partial charge in [-0.25, -0.2) is 4.79 Å². The van der Waals surface area contributed by atoms with Crippen LogP contribution in [-0.4, -0.2) is 42.1 Å². The second-order valence-corrected chi connectivity index (χ2v) is 6.15. The van der Waals surface area contributed by atoms with Crippen LogP contribution >= 0.6 is 0 Å². The van der Waals surface area contributed by atoms with Crippen molar-refractivity contribution in [3.8, 4) is 0 Å². The number of amides is 2. The molecule has 0 saturated carbocycles. The fraction of sp³-hybridized carbons (Fsp3) is 0.467. The lowest BCUT2D eigenvalue weighted by Crippen LogP contribution is -2.53. The van der Waals surface area contributed by atoms with E-state index in [4.69, 9.17) is 10.3 Å². The third-order valence-electron chi connectivity index (χ3n) is 3.19. The largest absolute Gasteiger partial charge is 0.444 e. The van der Waals surface area contributed by atoms with E-state index in [1.807, 2.05) is 0 Å². The number of piperazine rings is 1. The molecule has 23 heavy (non-hydrogen) atoms. The molecule has 1 aromatic carbocycles. The molecule has 1 saturated heterocycles. The Balaban J connectivity index is 2.02. The highest BCUT2D eigenvalue weighted by molar-refractivity contribution is 5.97. The van der Waals surface area contributed by atoms with Gasteiger partial charge in [0.15, 0.2) is 0 Å². The maximum Gasteiger partial charge on any atom is 0.410 e. The van der Waals surface area contributed by atoms with E-state index in [-0.39, 0.29) is 12.5 Å². The van der Waals surface area contributed by atoms with Gasteiger partial charge in [-0.3, -0.25) is 9.69 Å². The molecule has 2 amide bonds. The zero-order chi connectivity index (χ0) is 17.0. The van der Waals surface area contributed by atoms with E-state index in [0.717, 1.165) is 0 Å². The van der Waals surface area contributed by atoms with Crippen molar-refractivity contribution in [1.29, 1.82) is 0 Å². The number of hydrogen-bond acceptors (Lipinski definition) is 4. The lowest BCUT2D eigenvalue weighted by Gasteiger charge is -2.35. The number of carbonyl (C=O) groups excluding carboxylic acids is 2. The summed E-state index contributed by atoms with van der Waals surface area (Å²) < 4.78 is 5.28. The maximum absolute atomic E-state index is 12.3. The SMILES string of the molecule is CC(C)(C)OC(=O)N1CCN(c2ccc(N=[N+]=[N-])cc2)C(=O)C1. The Morgan fingerprint density at radius 3 is 2.43 bits per heavy atom. The van der Waals surface area contributed by atoms with Crippen LogP contribution in [0, 0.1) is 0 Å². The van der Waals surface area contributed by atoms with E-state index >= 15 is 0 Å². The first-order chi connectivity index (χ1) is 10.8. The van der Waals surface area contributed by atoms with E-state index in [1.165, 1.54) is 4.90 Å². The molecular formula is C15H19N5O3. The van der Waals surface area contributed by atoms with Crippen LogP contribution in [0.1, 0.15) is 20.8 Å². The summed E-state index contributed by atoms with van der Waals surface area (Å²) in [5, 5.41) is 3.49. The van der Waals surface area contributed by atoms with Crippen LogP contribution in [0.2, 0.25) is 0 Å². The number of hydrogen-bond donors (Lipinski definition) is 0. The van der Waals surface area contributed by atoms with Crippen molar-refractivity contribution in [3.05, 3.63) is 34.7 Å². The number of ether oxygens (including phenoxy) is 1. The molecule has 0 unspecified atom stereocenters. The summed E-state index contributed by atoms with van der Waals surface area (Å²) in [5.41, 5.74) is 8.98. The summed E-state index contributed by atoms with van der Waals surface area (Å²) in [5.74, 6) is -0.182. The first-order valence-corrected chi connectivity index (χ1v) is 7.23. The molecule has 8 nitrogen and oxygen atoms in total. The van der Waals surface area contributed by atoms with Gasteiger partial charge in [0.05, 0.1) is 0 Å². The first-order valence-electron chi connectivity index (χ1n) is 7.23. The highest BCUT2D eigenvalue weighted by Crippen LogP contribution is 2.22. The van der Waals surface area contributed by atoms with Gasteiger partial charge in [-0.1, -0.05) is 17.2 Å². The lowest BCUT2D eigenvalue weighted by molar-refractivity contribution is -0.121. The molecule has 1 aliphatic rings. The Hall–Kier alpha value is -2.73. The molecule has 0 bridgehead atoms. The second-order valence-electron chi connectivity index (χ2n) is 6.15. The van der Waals surface area contributed by atoms with Crippen molar-refractivity contribution >= 4 is 23.4 Å². The molecule has 2 rings (SSSR count). The molecule has 122 valence electrons. The molecule has 0 aromatic heterocycles. The normalized spacial score (nSPS) is 15.2. The van der Waals surface area contributed by atoms with Crippen molar-refractivity contribution < 1.29 is 14.3 Å². The third kappa shape index (κ3) is 4.37. The molecule has 0 aliphatic carbocycles. The van der Waals surface area contributed by atoms with Gasteiger partial charge in [0.2, 0.25) is 5.91 Å². The van der Waals surface area contributed by atoms with Crippen molar-refractivity contribution in [3.63, 3.8) is 0 Å². The third-order valence-corrected chi connectivity index (χ3v) is 3.19. The van der Waals surface area contributed by atoms with Gasteiger partial charge in [-0.2, -0.15) is 0 Å². The summed E-state index contributed by atoms with van der Waals surface area (Å²) in [7, 11) is 0. The van der Waals surface area contributed by atoms with Gasteiger partial charge in [-0.05, 0) is 38.4 Å². The standard InChI is InChI=1S/C15H19N5O3/c1-15(2,3)23-14(22)19-8-9-20(13(21)10-19)12-6-4-11(5-7-12)17-18-16/h4-7H,8-10H2,1-3H3. The van der Waals surface area contributed by atoms with Gasteiger partial charge >= 0.3 is 6.09 Å². The Morgan fingerprint density at radius 1 is 1.26 bits per heavy atom. The predicted octanol–water partition coefficient (Wildman–Crippen LogP) is 3.21. The first kappa shape index (κ1) is 16.6. The van der Waals surface area contributed by atoms with Crippen LogP contribution < -0.4 is 4.90 Å². The van der Waals surface area contributed by atoms with Crippen LogP contribution in [-0.2, 0) is 9.53 Å². The Kier molecular flexibility index (Phi) is 4.76.